The van der Waals surface area contributed by atoms with Gasteiger partial charge >= 0.3 is 0 Å². The molecule has 0 bridgehead atoms. The van der Waals surface area contributed by atoms with Gasteiger partial charge in [0, 0.05) is 30.1 Å². The molecule has 2 atom stereocenters. The molecule has 5 rings (SSSR count). The van der Waals surface area contributed by atoms with Gasteiger partial charge in [0.2, 0.25) is 0 Å². The summed E-state index contributed by atoms with van der Waals surface area (Å²) in [5, 5.41) is 15.4. The normalized spacial score (nSPS) is 17.6. The summed E-state index contributed by atoms with van der Waals surface area (Å²) >= 11 is 0. The lowest BCUT2D eigenvalue weighted by Crippen LogP contribution is -2.35. The van der Waals surface area contributed by atoms with E-state index in [2.05, 4.69) is 22.4 Å². The second kappa shape index (κ2) is 8.73. The van der Waals surface area contributed by atoms with E-state index in [-0.39, 0.29) is 17.7 Å². The molecule has 33 heavy (non-hydrogen) atoms. The number of hydrogen-bond donors (Lipinski definition) is 3. The highest BCUT2D eigenvalue weighted by atomic mass is 19.1. The van der Waals surface area contributed by atoms with Crippen LogP contribution in [0.1, 0.15) is 43.0 Å². The zero-order valence-electron chi connectivity index (χ0n) is 18.7. The van der Waals surface area contributed by atoms with Gasteiger partial charge < -0.3 is 15.4 Å². The Hall–Kier alpha value is -3.02. The Morgan fingerprint density at radius 2 is 1.76 bits per heavy atom. The number of rotatable bonds is 6. The Morgan fingerprint density at radius 3 is 2.52 bits per heavy atom. The van der Waals surface area contributed by atoms with Crippen molar-refractivity contribution in [1.29, 1.82) is 0 Å². The molecule has 0 saturated heterocycles. The fraction of sp³-hybridized carbons (Fsp3) is 0.286. The molecule has 0 aliphatic carbocycles. The molecule has 1 aliphatic rings. The highest BCUT2D eigenvalue weighted by molar-refractivity contribution is 5.99. The molecule has 0 radical (unpaired) electrons. The molecule has 1 aliphatic heterocycles. The summed E-state index contributed by atoms with van der Waals surface area (Å²) in [7, 11) is 0. The molecule has 3 N–H and O–H groups in total. The smallest absolute Gasteiger partial charge is 0.147 e. The average Bonchev–Trinajstić information content (AvgIpc) is 3.20. The third-order valence-corrected chi connectivity index (χ3v) is 6.88. The second-order valence-electron chi connectivity index (χ2n) is 9.25. The Bertz CT molecular complexity index is 1260. The predicted molar refractivity (Wildman–Crippen MR) is 128 cm³/mol. The molecule has 0 fully saturated rings. The van der Waals surface area contributed by atoms with Crippen LogP contribution in [0.3, 0.4) is 0 Å². The minimum Gasteiger partial charge on any atom is -0.385 e. The summed E-state index contributed by atoms with van der Waals surface area (Å²) in [6.07, 6.45) is 3.08. The van der Waals surface area contributed by atoms with Crippen molar-refractivity contribution in [1.82, 2.24) is 10.3 Å². The molecule has 0 saturated carbocycles. The SMILES string of the molecule is CC(O)(CCCC1Cc2[nH]c3c(F)ccc(-c4ccccc4)c3c2CN1)c1ccc(F)cc1. The topological polar surface area (TPSA) is 48.0 Å². The number of aromatic nitrogens is 1. The largest absolute Gasteiger partial charge is 0.385 e. The van der Waals surface area contributed by atoms with E-state index in [0.29, 0.717) is 18.5 Å². The molecule has 2 heterocycles. The number of nitrogens with one attached hydrogen (secondary N) is 2. The highest BCUT2D eigenvalue weighted by Gasteiger charge is 2.27. The van der Waals surface area contributed by atoms with Crippen LogP contribution < -0.4 is 5.32 Å². The minimum absolute atomic E-state index is 0.231. The lowest BCUT2D eigenvalue weighted by Gasteiger charge is -2.27. The highest BCUT2D eigenvalue weighted by Crippen LogP contribution is 2.36. The first-order chi connectivity index (χ1) is 15.9. The van der Waals surface area contributed by atoms with E-state index in [9.17, 15) is 13.9 Å². The molecule has 3 nitrogen and oxygen atoms in total. The van der Waals surface area contributed by atoms with E-state index in [1.165, 1.54) is 18.2 Å². The van der Waals surface area contributed by atoms with Crippen LogP contribution in [-0.4, -0.2) is 16.1 Å². The van der Waals surface area contributed by atoms with Gasteiger partial charge in [-0.1, -0.05) is 48.5 Å². The third-order valence-electron chi connectivity index (χ3n) is 6.88. The number of aliphatic hydroxyl groups is 1. The van der Waals surface area contributed by atoms with E-state index in [1.54, 1.807) is 19.1 Å². The number of benzene rings is 3. The summed E-state index contributed by atoms with van der Waals surface area (Å²) in [4.78, 5) is 3.36. The van der Waals surface area contributed by atoms with Gasteiger partial charge in [0.05, 0.1) is 11.1 Å². The molecule has 2 unspecified atom stereocenters. The van der Waals surface area contributed by atoms with E-state index >= 15 is 0 Å². The number of halogens is 2. The number of H-pyrrole nitrogens is 1. The van der Waals surface area contributed by atoms with Crippen molar-refractivity contribution >= 4 is 10.9 Å². The van der Waals surface area contributed by atoms with Crippen molar-refractivity contribution in [2.45, 2.75) is 50.8 Å². The van der Waals surface area contributed by atoms with Crippen molar-refractivity contribution in [3.8, 4) is 11.1 Å². The fourth-order valence-corrected chi connectivity index (χ4v) is 5.03. The Balaban J connectivity index is 1.32. The van der Waals surface area contributed by atoms with Gasteiger partial charge in [-0.2, -0.15) is 0 Å². The van der Waals surface area contributed by atoms with Gasteiger partial charge in [0.15, 0.2) is 0 Å². The van der Waals surface area contributed by atoms with Crippen LogP contribution in [0.2, 0.25) is 0 Å². The van der Waals surface area contributed by atoms with Gasteiger partial charge in [-0.15, -0.1) is 0 Å². The summed E-state index contributed by atoms with van der Waals surface area (Å²) in [6.45, 7) is 2.45. The first kappa shape index (κ1) is 21.8. The average molecular weight is 447 g/mol. The summed E-state index contributed by atoms with van der Waals surface area (Å²) < 4.78 is 27.9. The van der Waals surface area contributed by atoms with E-state index in [0.717, 1.165) is 52.6 Å². The van der Waals surface area contributed by atoms with Crippen molar-refractivity contribution in [3.63, 3.8) is 0 Å². The first-order valence-corrected chi connectivity index (χ1v) is 11.5. The van der Waals surface area contributed by atoms with Gasteiger partial charge in [-0.05, 0) is 66.6 Å². The van der Waals surface area contributed by atoms with E-state index in [1.807, 2.05) is 24.3 Å². The molecule has 1 aromatic heterocycles. The molecule has 170 valence electrons. The Kier molecular flexibility index (Phi) is 5.77. The number of aromatic amines is 1. The second-order valence-corrected chi connectivity index (χ2v) is 9.25. The van der Waals surface area contributed by atoms with Crippen LogP contribution in [0.15, 0.2) is 66.7 Å². The monoisotopic (exact) mass is 446 g/mol. The number of hydrogen-bond acceptors (Lipinski definition) is 2. The molecule has 3 aromatic carbocycles. The summed E-state index contributed by atoms with van der Waals surface area (Å²) in [6, 6.07) is 19.8. The Morgan fingerprint density at radius 1 is 1.00 bits per heavy atom. The van der Waals surface area contributed by atoms with Crippen LogP contribution in [0.5, 0.6) is 0 Å². The molecule has 4 aromatic rings. The van der Waals surface area contributed by atoms with Crippen molar-refractivity contribution in [3.05, 3.63) is 95.2 Å². The third kappa shape index (κ3) is 4.31. The maximum atomic E-state index is 14.7. The zero-order valence-corrected chi connectivity index (χ0v) is 18.7. The van der Waals surface area contributed by atoms with Gasteiger partial charge in [0.25, 0.3) is 0 Å². The van der Waals surface area contributed by atoms with Gasteiger partial charge in [-0.25, -0.2) is 8.78 Å². The minimum atomic E-state index is -0.998. The van der Waals surface area contributed by atoms with E-state index < -0.39 is 5.60 Å². The summed E-state index contributed by atoms with van der Waals surface area (Å²) in [5.74, 6) is -0.534. The first-order valence-electron chi connectivity index (χ1n) is 11.5. The molecular formula is C28H28F2N2O. The zero-order chi connectivity index (χ0) is 23.0. The Labute approximate surface area is 192 Å². The maximum Gasteiger partial charge on any atom is 0.147 e. The van der Waals surface area contributed by atoms with Crippen molar-refractivity contribution < 1.29 is 13.9 Å². The van der Waals surface area contributed by atoms with Gasteiger partial charge in [0.1, 0.15) is 11.6 Å². The number of fused-ring (bicyclic) bond motifs is 3. The standard InChI is InChI=1S/C28H28F2N2O/c1-28(33,19-9-11-20(29)12-10-19)15-5-8-21-16-25-23(17-31-21)26-22(18-6-3-2-4-7-18)13-14-24(30)27(26)32-25/h2-4,6-7,9-14,21,31-33H,5,8,15-17H2,1H3. The van der Waals surface area contributed by atoms with Crippen LogP contribution >= 0.6 is 0 Å². The molecule has 0 spiro atoms. The quantitative estimate of drug-likeness (QED) is 0.330. The van der Waals surface area contributed by atoms with Crippen LogP contribution in [0.4, 0.5) is 8.78 Å². The van der Waals surface area contributed by atoms with Gasteiger partial charge in [-0.3, -0.25) is 0 Å². The van der Waals surface area contributed by atoms with Crippen LogP contribution in [0, 0.1) is 11.6 Å². The van der Waals surface area contributed by atoms with Crippen LogP contribution in [0.25, 0.3) is 22.0 Å². The van der Waals surface area contributed by atoms with Crippen molar-refractivity contribution in [2.75, 3.05) is 0 Å². The summed E-state index contributed by atoms with van der Waals surface area (Å²) in [5.41, 5.74) is 4.64. The predicted octanol–water partition coefficient (Wildman–Crippen LogP) is 6.21. The lowest BCUT2D eigenvalue weighted by molar-refractivity contribution is 0.0441. The molecule has 5 heteroatoms. The van der Waals surface area contributed by atoms with Crippen molar-refractivity contribution in [2.24, 2.45) is 0 Å². The van der Waals surface area contributed by atoms with E-state index in [4.69, 9.17) is 0 Å². The van der Waals surface area contributed by atoms with Crippen LogP contribution in [-0.2, 0) is 18.6 Å². The fourth-order valence-electron chi connectivity index (χ4n) is 5.03. The molecular weight excluding hydrogens is 418 g/mol. The maximum absolute atomic E-state index is 14.7. The molecule has 0 amide bonds. The lowest BCUT2D eigenvalue weighted by atomic mass is 9.88.